The van der Waals surface area contributed by atoms with Gasteiger partial charge in [0, 0.05) is 54.0 Å². The van der Waals surface area contributed by atoms with Crippen LogP contribution in [0.2, 0.25) is 0 Å². The Hall–Kier alpha value is -8.02. The molecular formula is C54H30N4O. The maximum atomic E-state index is 6.99. The van der Waals surface area contributed by atoms with Crippen LogP contribution in [-0.2, 0) is 0 Å². The summed E-state index contributed by atoms with van der Waals surface area (Å²) in [6, 6.07) is 65.1. The van der Waals surface area contributed by atoms with Crippen LogP contribution in [0.4, 0.5) is 0 Å². The van der Waals surface area contributed by atoms with E-state index < -0.39 is 0 Å². The third-order valence-corrected chi connectivity index (χ3v) is 12.7. The Morgan fingerprint density at radius 2 is 1.08 bits per heavy atom. The van der Waals surface area contributed by atoms with Crippen molar-refractivity contribution in [2.75, 3.05) is 0 Å². The quantitative estimate of drug-likeness (QED) is 0.169. The molecule has 5 nitrogen and oxygen atoms in total. The summed E-state index contributed by atoms with van der Waals surface area (Å²) in [7, 11) is 0. The topological polar surface area (TPSA) is 48.3 Å². The molecule has 0 fully saturated rings. The van der Waals surface area contributed by atoms with Crippen LogP contribution in [0.1, 0.15) is 0 Å². The second-order valence-electron chi connectivity index (χ2n) is 15.7. The van der Waals surface area contributed by atoms with Crippen molar-refractivity contribution in [1.82, 2.24) is 18.9 Å². The van der Waals surface area contributed by atoms with Crippen molar-refractivity contribution in [1.29, 1.82) is 0 Å². The first kappa shape index (κ1) is 31.1. The number of nitrogens with zero attached hydrogens (tertiary/aromatic N) is 4. The van der Waals surface area contributed by atoms with Crippen molar-refractivity contribution in [2.45, 2.75) is 0 Å². The van der Waals surface area contributed by atoms with E-state index >= 15 is 0 Å². The van der Waals surface area contributed by atoms with Crippen LogP contribution in [0.15, 0.2) is 186 Å². The molecule has 14 rings (SSSR count). The Balaban J connectivity index is 1.24. The standard InChI is InChI=1S/C54H30N4O/c1-2-14-31(15-3-1)33-17-6-7-21-37(33)50-40-29-28-32-16-4-5-18-34(32)49(40)55-54(56-50)58-45-26-13-25-44-48(45)47-41(30-42-36-20-9-11-27-46(36)59-53(42)52(47)58)39-23-12-22-38-35-19-8-10-24-43(35)57(44)51(38)39/h1-30H. The monoisotopic (exact) mass is 750 g/mol. The van der Waals surface area contributed by atoms with Crippen molar-refractivity contribution in [3.8, 4) is 28.3 Å². The first-order valence-corrected chi connectivity index (χ1v) is 20.1. The second kappa shape index (κ2) is 11.3. The number of aromatic nitrogens is 4. The molecular weight excluding hydrogens is 721 g/mol. The highest BCUT2D eigenvalue weighted by Gasteiger charge is 2.27. The van der Waals surface area contributed by atoms with Crippen LogP contribution < -0.4 is 0 Å². The minimum Gasteiger partial charge on any atom is -0.454 e. The minimum atomic E-state index is 0.596. The molecule has 0 saturated carbocycles. The molecule has 59 heavy (non-hydrogen) atoms. The van der Waals surface area contributed by atoms with E-state index in [9.17, 15) is 0 Å². The first-order valence-electron chi connectivity index (χ1n) is 20.1. The van der Waals surface area contributed by atoms with Crippen LogP contribution in [0, 0.1) is 0 Å². The summed E-state index contributed by atoms with van der Waals surface area (Å²) < 4.78 is 11.7. The summed E-state index contributed by atoms with van der Waals surface area (Å²) in [5.41, 5.74) is 12.3. The lowest BCUT2D eigenvalue weighted by Crippen LogP contribution is -2.04. The maximum absolute atomic E-state index is 6.99. The molecule has 0 amide bonds. The van der Waals surface area contributed by atoms with Gasteiger partial charge in [0.2, 0.25) is 5.95 Å². The van der Waals surface area contributed by atoms with E-state index in [-0.39, 0.29) is 0 Å². The highest BCUT2D eigenvalue weighted by atomic mass is 16.3. The highest BCUT2D eigenvalue weighted by Crippen LogP contribution is 2.48. The number of fused-ring (bicyclic) bond motifs is 12. The fraction of sp³-hybridized carbons (Fsp3) is 0. The number of furan rings is 1. The lowest BCUT2D eigenvalue weighted by Gasteiger charge is -2.16. The SMILES string of the molecule is c1ccc(-c2ccccc2-c2nc(-n3c4cccc5c4c4c(cc6c7ccccc7oc6c43)c3cccc4c6ccccc6n5c34)nc3c2ccc2ccccc23)cc1. The van der Waals surface area contributed by atoms with Gasteiger partial charge in [-0.3, -0.25) is 4.57 Å². The molecule has 5 heterocycles. The molecule has 0 aliphatic rings. The fourth-order valence-corrected chi connectivity index (χ4v) is 10.2. The predicted octanol–water partition coefficient (Wildman–Crippen LogP) is 14.3. The summed E-state index contributed by atoms with van der Waals surface area (Å²) in [4.78, 5) is 11.3. The van der Waals surface area contributed by atoms with Gasteiger partial charge in [0.1, 0.15) is 11.1 Å². The zero-order valence-corrected chi connectivity index (χ0v) is 31.5. The minimum absolute atomic E-state index is 0.596. The van der Waals surface area contributed by atoms with Gasteiger partial charge in [-0.25, -0.2) is 9.97 Å². The Kier molecular flexibility index (Phi) is 5.96. The molecule has 0 N–H and O–H groups in total. The molecule has 9 aromatic carbocycles. The summed E-state index contributed by atoms with van der Waals surface area (Å²) >= 11 is 0. The molecule has 5 aromatic heterocycles. The molecule has 0 aliphatic heterocycles. The van der Waals surface area contributed by atoms with E-state index in [2.05, 4.69) is 185 Å². The molecule has 0 spiro atoms. The zero-order valence-electron chi connectivity index (χ0n) is 31.5. The Morgan fingerprint density at radius 3 is 1.98 bits per heavy atom. The molecule has 0 radical (unpaired) electrons. The van der Waals surface area contributed by atoms with E-state index in [1.807, 2.05) is 6.07 Å². The van der Waals surface area contributed by atoms with E-state index in [0.717, 1.165) is 93.3 Å². The van der Waals surface area contributed by atoms with Crippen LogP contribution in [0.5, 0.6) is 0 Å². The molecule has 0 aliphatic carbocycles. The number of hydrogen-bond donors (Lipinski definition) is 0. The van der Waals surface area contributed by atoms with Gasteiger partial charge in [0.25, 0.3) is 0 Å². The van der Waals surface area contributed by atoms with E-state index in [4.69, 9.17) is 14.4 Å². The predicted molar refractivity (Wildman–Crippen MR) is 244 cm³/mol. The van der Waals surface area contributed by atoms with Crippen molar-refractivity contribution < 1.29 is 4.42 Å². The molecule has 0 bridgehead atoms. The third kappa shape index (κ3) is 4.03. The lowest BCUT2D eigenvalue weighted by atomic mass is 9.95. The number of para-hydroxylation sites is 3. The second-order valence-corrected chi connectivity index (χ2v) is 15.7. The van der Waals surface area contributed by atoms with Gasteiger partial charge in [0.05, 0.1) is 33.3 Å². The van der Waals surface area contributed by atoms with E-state index in [1.54, 1.807) is 0 Å². The largest absolute Gasteiger partial charge is 0.454 e. The highest BCUT2D eigenvalue weighted by molar-refractivity contribution is 6.36. The maximum Gasteiger partial charge on any atom is 0.235 e. The molecule has 5 heteroatoms. The molecule has 0 atom stereocenters. The smallest absolute Gasteiger partial charge is 0.235 e. The number of benzene rings is 9. The van der Waals surface area contributed by atoms with E-state index in [0.29, 0.717) is 5.95 Å². The van der Waals surface area contributed by atoms with Gasteiger partial charge in [-0.15, -0.1) is 0 Å². The summed E-state index contributed by atoms with van der Waals surface area (Å²) in [5, 5.41) is 12.5. The number of hydrogen-bond acceptors (Lipinski definition) is 3. The average Bonchev–Trinajstić information content (AvgIpc) is 3.94. The van der Waals surface area contributed by atoms with Crippen LogP contribution in [0.25, 0.3) is 132 Å². The molecule has 0 unspecified atom stereocenters. The Morgan fingerprint density at radius 1 is 0.407 bits per heavy atom. The lowest BCUT2D eigenvalue weighted by molar-refractivity contribution is 0.671. The van der Waals surface area contributed by atoms with Gasteiger partial charge in [0.15, 0.2) is 5.58 Å². The van der Waals surface area contributed by atoms with Gasteiger partial charge < -0.3 is 8.82 Å². The van der Waals surface area contributed by atoms with E-state index in [1.165, 1.54) is 32.6 Å². The van der Waals surface area contributed by atoms with Crippen LogP contribution in [0.3, 0.4) is 0 Å². The zero-order chi connectivity index (χ0) is 38.3. The van der Waals surface area contributed by atoms with Gasteiger partial charge in [-0.05, 0) is 58.3 Å². The van der Waals surface area contributed by atoms with Gasteiger partial charge >= 0.3 is 0 Å². The third-order valence-electron chi connectivity index (χ3n) is 12.7. The number of rotatable bonds is 3. The van der Waals surface area contributed by atoms with Crippen molar-refractivity contribution >= 4 is 104 Å². The van der Waals surface area contributed by atoms with Crippen LogP contribution >= 0.6 is 0 Å². The summed E-state index contributed by atoms with van der Waals surface area (Å²) in [5.74, 6) is 0.596. The van der Waals surface area contributed by atoms with Crippen LogP contribution in [-0.4, -0.2) is 18.9 Å². The summed E-state index contributed by atoms with van der Waals surface area (Å²) in [6.07, 6.45) is 0. The van der Waals surface area contributed by atoms with Crippen molar-refractivity contribution in [3.05, 3.63) is 182 Å². The normalized spacial score (nSPS) is 12.4. The Bertz CT molecular complexity index is 4080. The average molecular weight is 751 g/mol. The van der Waals surface area contributed by atoms with Crippen molar-refractivity contribution in [3.63, 3.8) is 0 Å². The Labute approximate surface area is 335 Å². The van der Waals surface area contributed by atoms with Gasteiger partial charge in [-0.1, -0.05) is 146 Å². The molecule has 14 aromatic rings. The van der Waals surface area contributed by atoms with Gasteiger partial charge in [-0.2, -0.15) is 0 Å². The van der Waals surface area contributed by atoms with Crippen molar-refractivity contribution in [2.24, 2.45) is 0 Å². The molecule has 0 saturated heterocycles. The summed E-state index contributed by atoms with van der Waals surface area (Å²) in [6.45, 7) is 0. The molecule has 272 valence electrons. The fourth-order valence-electron chi connectivity index (χ4n) is 10.2. The first-order chi connectivity index (χ1) is 29.3.